The number of nitrogens with zero attached hydrogens (tertiary/aromatic N) is 3. The normalized spacial score (nSPS) is 23.1. The highest BCUT2D eigenvalue weighted by Gasteiger charge is 2.54. The predicted molar refractivity (Wildman–Crippen MR) is 102 cm³/mol. The van der Waals surface area contributed by atoms with Gasteiger partial charge in [0, 0.05) is 28.9 Å². The number of hydrogen-bond donors (Lipinski definition) is 1. The Bertz CT molecular complexity index is 948. The Balaban J connectivity index is 2.38. The second kappa shape index (κ2) is 7.27. The average molecular weight is 378 g/mol. The second-order valence-electron chi connectivity index (χ2n) is 6.30. The summed E-state index contributed by atoms with van der Waals surface area (Å²) in [5.74, 6) is 1.66. The molecule has 0 amide bonds. The van der Waals surface area contributed by atoms with Gasteiger partial charge in [-0.05, 0) is 11.6 Å². The van der Waals surface area contributed by atoms with E-state index in [0.29, 0.717) is 22.8 Å². The van der Waals surface area contributed by atoms with Crippen LogP contribution in [0, 0.1) is 45.3 Å². The van der Waals surface area contributed by atoms with E-state index >= 15 is 0 Å². The molecule has 0 saturated carbocycles. The maximum absolute atomic E-state index is 10.0. The van der Waals surface area contributed by atoms with Crippen LogP contribution in [0.5, 0.6) is 11.5 Å². The molecule has 7 heteroatoms. The van der Waals surface area contributed by atoms with Crippen molar-refractivity contribution < 1.29 is 9.47 Å². The molecule has 6 nitrogen and oxygen atoms in total. The lowest BCUT2D eigenvalue weighted by atomic mass is 9.59. The summed E-state index contributed by atoms with van der Waals surface area (Å²) in [7, 11) is 3.06. The van der Waals surface area contributed by atoms with Gasteiger partial charge in [-0.2, -0.15) is 27.5 Å². The molecule has 2 N–H and O–H groups in total. The van der Waals surface area contributed by atoms with Gasteiger partial charge in [-0.1, -0.05) is 18.2 Å². The molecule has 1 aliphatic heterocycles. The minimum Gasteiger partial charge on any atom is -0.493 e. The lowest BCUT2D eigenvalue weighted by Gasteiger charge is -2.43. The third kappa shape index (κ3) is 2.62. The number of benzene rings is 1. The van der Waals surface area contributed by atoms with Crippen LogP contribution in [0.15, 0.2) is 41.1 Å². The summed E-state index contributed by atoms with van der Waals surface area (Å²) in [5, 5.41) is 29.8. The summed E-state index contributed by atoms with van der Waals surface area (Å²) in [5.41, 5.74) is 6.37. The van der Waals surface area contributed by atoms with E-state index in [-0.39, 0.29) is 17.2 Å². The van der Waals surface area contributed by atoms with E-state index in [2.05, 4.69) is 18.2 Å². The number of allylic oxidation sites excluding steroid dienone is 3. The van der Waals surface area contributed by atoms with Crippen molar-refractivity contribution in [3.05, 3.63) is 46.7 Å². The van der Waals surface area contributed by atoms with Crippen molar-refractivity contribution in [1.29, 1.82) is 15.8 Å². The highest BCUT2D eigenvalue weighted by atomic mass is 32.2. The fourth-order valence-corrected chi connectivity index (χ4v) is 5.05. The predicted octanol–water partition coefficient (Wildman–Crippen LogP) is 2.86. The second-order valence-corrected chi connectivity index (χ2v) is 7.37. The Hall–Kier alpha value is -3.08. The zero-order valence-corrected chi connectivity index (χ0v) is 15.8. The first-order valence-electron chi connectivity index (χ1n) is 8.31. The van der Waals surface area contributed by atoms with Gasteiger partial charge in [0.05, 0.1) is 37.6 Å². The summed E-state index contributed by atoms with van der Waals surface area (Å²) < 4.78 is 11.0. The molecule has 1 aliphatic carbocycles. The minimum atomic E-state index is -1.66. The highest BCUT2D eigenvalue weighted by Crippen LogP contribution is 2.57. The lowest BCUT2D eigenvalue weighted by molar-refractivity contribution is 0.324. The third-order valence-electron chi connectivity index (χ3n) is 5.20. The van der Waals surface area contributed by atoms with Crippen molar-refractivity contribution in [2.45, 2.75) is 5.92 Å². The molecule has 1 heterocycles. The van der Waals surface area contributed by atoms with Crippen LogP contribution in [0.1, 0.15) is 11.5 Å². The Morgan fingerprint density at radius 3 is 2.52 bits per heavy atom. The maximum atomic E-state index is 10.0. The molecule has 0 saturated heterocycles. The molecule has 2 aliphatic rings. The molecule has 1 aromatic rings. The first kappa shape index (κ1) is 18.7. The molecule has 0 spiro atoms. The van der Waals surface area contributed by atoms with Crippen LogP contribution in [-0.4, -0.2) is 25.7 Å². The van der Waals surface area contributed by atoms with Crippen LogP contribution in [0.25, 0.3) is 0 Å². The molecule has 2 unspecified atom stereocenters. The minimum absolute atomic E-state index is 0.0132. The number of ether oxygens (including phenoxy) is 2. The van der Waals surface area contributed by atoms with Crippen molar-refractivity contribution in [2.75, 3.05) is 25.7 Å². The van der Waals surface area contributed by atoms with E-state index in [9.17, 15) is 15.8 Å². The Morgan fingerprint density at radius 1 is 1.19 bits per heavy atom. The van der Waals surface area contributed by atoms with Gasteiger partial charge in [0.15, 0.2) is 16.9 Å². The number of nitrogens with two attached hydrogens (primary N) is 1. The number of nitriles is 3. The van der Waals surface area contributed by atoms with E-state index < -0.39 is 11.3 Å². The largest absolute Gasteiger partial charge is 0.493 e. The van der Waals surface area contributed by atoms with Gasteiger partial charge in [-0.25, -0.2) is 0 Å². The van der Waals surface area contributed by atoms with Gasteiger partial charge in [-0.15, -0.1) is 0 Å². The van der Waals surface area contributed by atoms with Gasteiger partial charge in [0.1, 0.15) is 6.07 Å². The molecule has 2 atom stereocenters. The van der Waals surface area contributed by atoms with E-state index in [1.165, 1.54) is 14.2 Å². The highest BCUT2D eigenvalue weighted by molar-refractivity contribution is 7.99. The molecule has 27 heavy (non-hydrogen) atoms. The molecular weight excluding hydrogens is 360 g/mol. The SMILES string of the molecule is COc1cccc(C2C3CSCC=C3C(C#N)=C(N)C2(C#N)C#N)c1OC. The molecule has 3 rings (SSSR count). The van der Waals surface area contributed by atoms with Gasteiger partial charge in [0.25, 0.3) is 0 Å². The van der Waals surface area contributed by atoms with E-state index in [1.807, 2.05) is 12.1 Å². The third-order valence-corrected chi connectivity index (χ3v) is 6.20. The average Bonchev–Trinajstić information content (AvgIpc) is 2.72. The first-order valence-corrected chi connectivity index (χ1v) is 9.46. The number of rotatable bonds is 3. The quantitative estimate of drug-likeness (QED) is 0.859. The van der Waals surface area contributed by atoms with E-state index in [1.54, 1.807) is 23.9 Å². The zero-order chi connectivity index (χ0) is 19.6. The molecule has 0 bridgehead atoms. The fraction of sp³-hybridized carbons (Fsp3) is 0.350. The standard InChI is InChI=1S/C20H18N4O2S/c1-25-16-5-3-4-13(18(16)26-2)17-15-9-27-7-6-12(15)14(8-21)19(24)20(17,10-22)11-23/h3-6,15,17H,7,9,24H2,1-2H3. The topological polar surface area (TPSA) is 116 Å². The van der Waals surface area contributed by atoms with Crippen LogP contribution in [0.2, 0.25) is 0 Å². The fourth-order valence-electron chi connectivity index (χ4n) is 3.99. The van der Waals surface area contributed by atoms with Crippen molar-refractivity contribution in [3.63, 3.8) is 0 Å². The molecule has 0 fully saturated rings. The van der Waals surface area contributed by atoms with Crippen LogP contribution < -0.4 is 15.2 Å². The summed E-state index contributed by atoms with van der Waals surface area (Å²) in [6, 6.07) is 11.8. The van der Waals surface area contributed by atoms with E-state index in [4.69, 9.17) is 15.2 Å². The Labute approximate surface area is 162 Å². The number of fused-ring (bicyclic) bond motifs is 1. The van der Waals surface area contributed by atoms with Crippen molar-refractivity contribution >= 4 is 11.8 Å². The van der Waals surface area contributed by atoms with E-state index in [0.717, 1.165) is 11.3 Å². The zero-order valence-electron chi connectivity index (χ0n) is 15.0. The number of para-hydroxylation sites is 1. The molecule has 1 aromatic carbocycles. The summed E-state index contributed by atoms with van der Waals surface area (Å²) in [4.78, 5) is 0. The molecular formula is C20H18N4O2S. The van der Waals surface area contributed by atoms with Crippen LogP contribution in [0.4, 0.5) is 0 Å². The Kier molecular flexibility index (Phi) is 5.04. The number of methoxy groups -OCH3 is 2. The smallest absolute Gasteiger partial charge is 0.191 e. The lowest BCUT2D eigenvalue weighted by Crippen LogP contribution is -2.43. The molecule has 136 valence electrons. The van der Waals surface area contributed by atoms with Crippen LogP contribution in [-0.2, 0) is 0 Å². The molecule has 0 radical (unpaired) electrons. The molecule has 0 aromatic heterocycles. The summed E-state index contributed by atoms with van der Waals surface area (Å²) >= 11 is 1.70. The maximum Gasteiger partial charge on any atom is 0.191 e. The van der Waals surface area contributed by atoms with Crippen LogP contribution in [0.3, 0.4) is 0 Å². The van der Waals surface area contributed by atoms with Gasteiger partial charge >= 0.3 is 0 Å². The van der Waals surface area contributed by atoms with Crippen molar-refractivity contribution in [1.82, 2.24) is 0 Å². The van der Waals surface area contributed by atoms with Crippen molar-refractivity contribution in [2.24, 2.45) is 17.1 Å². The van der Waals surface area contributed by atoms with Gasteiger partial charge < -0.3 is 15.2 Å². The number of hydrogen-bond acceptors (Lipinski definition) is 7. The monoisotopic (exact) mass is 378 g/mol. The summed E-state index contributed by atoms with van der Waals surface area (Å²) in [6.07, 6.45) is 1.97. The van der Waals surface area contributed by atoms with Gasteiger partial charge in [-0.3, -0.25) is 0 Å². The first-order chi connectivity index (χ1) is 13.1. The van der Waals surface area contributed by atoms with Gasteiger partial charge in [0.2, 0.25) is 0 Å². The summed E-state index contributed by atoms with van der Waals surface area (Å²) in [6.45, 7) is 0. The van der Waals surface area contributed by atoms with Crippen molar-refractivity contribution in [3.8, 4) is 29.7 Å². The van der Waals surface area contributed by atoms with Crippen LogP contribution >= 0.6 is 11.8 Å². The number of thioether (sulfide) groups is 1. The Morgan fingerprint density at radius 2 is 1.93 bits per heavy atom.